The summed E-state index contributed by atoms with van der Waals surface area (Å²) < 4.78 is 13.2. The molecule has 104 valence electrons. The van der Waals surface area contributed by atoms with Crippen LogP contribution in [-0.2, 0) is 17.9 Å². The largest absolute Gasteiger partial charge is 0.353 e. The van der Waals surface area contributed by atoms with Crippen molar-refractivity contribution in [2.24, 2.45) is 5.73 Å². The maximum Gasteiger partial charge on any atom is 0.240 e. The summed E-state index contributed by atoms with van der Waals surface area (Å²) in [6.45, 7) is 6.11. The Morgan fingerprint density at radius 2 is 2.16 bits per heavy atom. The number of hydrogen-bond acceptors (Lipinski definition) is 3. The predicted molar refractivity (Wildman–Crippen MR) is 71.8 cm³/mol. The lowest BCUT2D eigenvalue weighted by atomic mass is 9.97. The Labute approximate surface area is 112 Å². The second-order valence-electron chi connectivity index (χ2n) is 5.35. The van der Waals surface area contributed by atoms with Crippen LogP contribution in [0.1, 0.15) is 25.0 Å². The molecule has 0 bridgehead atoms. The first kappa shape index (κ1) is 14.0. The van der Waals surface area contributed by atoms with E-state index in [1.54, 1.807) is 6.07 Å². The molecule has 2 rings (SSSR count). The summed E-state index contributed by atoms with van der Waals surface area (Å²) in [7, 11) is 0. The second kappa shape index (κ2) is 5.27. The number of carbonyl (C=O) groups excluding carboxylic acids is 1. The van der Waals surface area contributed by atoms with Crippen molar-refractivity contribution in [3.63, 3.8) is 0 Å². The Bertz CT molecular complexity index is 488. The predicted octanol–water partition coefficient (Wildman–Crippen LogP) is 0.995. The molecule has 3 N–H and O–H groups in total. The molecule has 5 heteroatoms. The number of carbonyl (C=O) groups is 1. The third-order valence-electron chi connectivity index (χ3n) is 3.76. The van der Waals surface area contributed by atoms with Crippen LogP contribution in [0.25, 0.3) is 0 Å². The lowest BCUT2D eigenvalue weighted by Gasteiger charge is -2.41. The number of benzene rings is 1. The summed E-state index contributed by atoms with van der Waals surface area (Å²) in [5.41, 5.74) is 6.87. The molecule has 0 unspecified atom stereocenters. The normalized spacial score (nSPS) is 19.3. The van der Waals surface area contributed by atoms with Crippen molar-refractivity contribution in [3.8, 4) is 0 Å². The van der Waals surface area contributed by atoms with Crippen LogP contribution in [0, 0.1) is 5.82 Å². The monoisotopic (exact) mass is 265 g/mol. The van der Waals surface area contributed by atoms with Gasteiger partial charge in [0.1, 0.15) is 5.82 Å². The van der Waals surface area contributed by atoms with Gasteiger partial charge in [0, 0.05) is 26.2 Å². The van der Waals surface area contributed by atoms with Crippen molar-refractivity contribution in [1.82, 2.24) is 10.2 Å². The molecule has 1 aliphatic heterocycles. The molecule has 0 saturated carbocycles. The fourth-order valence-electron chi connectivity index (χ4n) is 2.36. The van der Waals surface area contributed by atoms with Gasteiger partial charge in [-0.25, -0.2) is 4.39 Å². The quantitative estimate of drug-likeness (QED) is 0.857. The highest BCUT2D eigenvalue weighted by atomic mass is 19.1. The number of rotatable bonds is 3. The lowest BCUT2D eigenvalue weighted by Crippen LogP contribution is -2.61. The zero-order valence-corrected chi connectivity index (χ0v) is 11.4. The van der Waals surface area contributed by atoms with E-state index in [2.05, 4.69) is 10.2 Å². The van der Waals surface area contributed by atoms with Gasteiger partial charge in [-0.1, -0.05) is 6.07 Å². The standard InChI is InChI=1S/C14H20FN3O/c1-14(2)13(19)17-5-6-18(14)9-10-3-4-12(15)7-11(10)8-16/h3-4,7H,5-6,8-9,16H2,1-2H3,(H,17,19). The number of hydrogen-bond donors (Lipinski definition) is 2. The van der Waals surface area contributed by atoms with Crippen LogP contribution < -0.4 is 11.1 Å². The summed E-state index contributed by atoms with van der Waals surface area (Å²) in [5, 5.41) is 2.86. The Morgan fingerprint density at radius 1 is 1.42 bits per heavy atom. The van der Waals surface area contributed by atoms with E-state index in [-0.39, 0.29) is 11.7 Å². The van der Waals surface area contributed by atoms with Gasteiger partial charge in [0.05, 0.1) is 5.54 Å². The highest BCUT2D eigenvalue weighted by Crippen LogP contribution is 2.22. The van der Waals surface area contributed by atoms with Crippen molar-refractivity contribution < 1.29 is 9.18 Å². The van der Waals surface area contributed by atoms with E-state index < -0.39 is 5.54 Å². The highest BCUT2D eigenvalue weighted by Gasteiger charge is 2.37. The molecule has 19 heavy (non-hydrogen) atoms. The fraction of sp³-hybridized carbons (Fsp3) is 0.500. The molecule has 0 aromatic heterocycles. The highest BCUT2D eigenvalue weighted by molar-refractivity contribution is 5.86. The Kier molecular flexibility index (Phi) is 3.87. The minimum Gasteiger partial charge on any atom is -0.353 e. The molecule has 1 amide bonds. The SMILES string of the molecule is CC1(C)C(=O)NCCN1Cc1ccc(F)cc1CN. The van der Waals surface area contributed by atoms with Gasteiger partial charge in [-0.3, -0.25) is 9.69 Å². The average molecular weight is 265 g/mol. The Hall–Kier alpha value is -1.46. The number of amides is 1. The van der Waals surface area contributed by atoms with Crippen molar-refractivity contribution >= 4 is 5.91 Å². The molecule has 0 radical (unpaired) electrons. The number of halogens is 1. The maximum atomic E-state index is 13.2. The van der Waals surface area contributed by atoms with Crippen LogP contribution in [0.3, 0.4) is 0 Å². The van der Waals surface area contributed by atoms with Crippen LogP contribution in [0.5, 0.6) is 0 Å². The number of nitrogens with zero attached hydrogens (tertiary/aromatic N) is 1. The molecule has 1 aromatic carbocycles. The molecular formula is C14H20FN3O. The lowest BCUT2D eigenvalue weighted by molar-refractivity contribution is -0.135. The van der Waals surface area contributed by atoms with E-state index in [1.165, 1.54) is 12.1 Å². The third kappa shape index (κ3) is 2.77. The topological polar surface area (TPSA) is 58.4 Å². The van der Waals surface area contributed by atoms with Gasteiger partial charge < -0.3 is 11.1 Å². The summed E-state index contributed by atoms with van der Waals surface area (Å²) in [6.07, 6.45) is 0. The Morgan fingerprint density at radius 3 is 2.84 bits per heavy atom. The third-order valence-corrected chi connectivity index (χ3v) is 3.76. The molecule has 1 fully saturated rings. The summed E-state index contributed by atoms with van der Waals surface area (Å²) in [4.78, 5) is 14.0. The molecule has 0 atom stereocenters. The van der Waals surface area contributed by atoms with Crippen molar-refractivity contribution in [1.29, 1.82) is 0 Å². The van der Waals surface area contributed by atoms with Gasteiger partial charge in [0.15, 0.2) is 0 Å². The number of nitrogens with two attached hydrogens (primary N) is 1. The summed E-state index contributed by atoms with van der Waals surface area (Å²) in [6, 6.07) is 4.65. The van der Waals surface area contributed by atoms with Gasteiger partial charge in [-0.15, -0.1) is 0 Å². The zero-order chi connectivity index (χ0) is 14.0. The first-order chi connectivity index (χ1) is 8.95. The summed E-state index contributed by atoms with van der Waals surface area (Å²) >= 11 is 0. The van der Waals surface area contributed by atoms with Gasteiger partial charge >= 0.3 is 0 Å². The number of nitrogens with one attached hydrogen (secondary N) is 1. The Balaban J connectivity index is 2.23. The van der Waals surface area contributed by atoms with Gasteiger partial charge in [0.2, 0.25) is 5.91 Å². The first-order valence-electron chi connectivity index (χ1n) is 6.46. The van der Waals surface area contributed by atoms with E-state index in [0.717, 1.165) is 17.7 Å². The fourth-order valence-corrected chi connectivity index (χ4v) is 2.36. The van der Waals surface area contributed by atoms with E-state index in [1.807, 2.05) is 13.8 Å². The van der Waals surface area contributed by atoms with Crippen molar-refractivity contribution in [2.75, 3.05) is 13.1 Å². The molecule has 1 heterocycles. The smallest absolute Gasteiger partial charge is 0.240 e. The van der Waals surface area contributed by atoms with Crippen LogP contribution in [0.4, 0.5) is 4.39 Å². The van der Waals surface area contributed by atoms with E-state index in [4.69, 9.17) is 5.73 Å². The molecule has 1 aliphatic rings. The molecule has 1 aromatic rings. The molecule has 1 saturated heterocycles. The van der Waals surface area contributed by atoms with Crippen molar-refractivity contribution in [3.05, 3.63) is 35.1 Å². The number of piperazine rings is 1. The van der Waals surface area contributed by atoms with E-state index in [0.29, 0.717) is 19.6 Å². The van der Waals surface area contributed by atoms with Gasteiger partial charge in [-0.2, -0.15) is 0 Å². The molecule has 0 spiro atoms. The molecule has 4 nitrogen and oxygen atoms in total. The van der Waals surface area contributed by atoms with Crippen LogP contribution in [-0.4, -0.2) is 29.4 Å². The van der Waals surface area contributed by atoms with Crippen molar-refractivity contribution in [2.45, 2.75) is 32.5 Å². The minimum atomic E-state index is -0.557. The van der Waals surface area contributed by atoms with E-state index in [9.17, 15) is 9.18 Å². The molecular weight excluding hydrogens is 245 g/mol. The van der Waals surface area contributed by atoms with Gasteiger partial charge in [-0.05, 0) is 37.1 Å². The van der Waals surface area contributed by atoms with Crippen LogP contribution in [0.15, 0.2) is 18.2 Å². The van der Waals surface area contributed by atoms with Crippen LogP contribution >= 0.6 is 0 Å². The van der Waals surface area contributed by atoms with E-state index >= 15 is 0 Å². The minimum absolute atomic E-state index is 0.0233. The summed E-state index contributed by atoms with van der Waals surface area (Å²) in [5.74, 6) is -0.255. The maximum absolute atomic E-state index is 13.2. The van der Waals surface area contributed by atoms with Crippen LogP contribution in [0.2, 0.25) is 0 Å². The second-order valence-corrected chi connectivity index (χ2v) is 5.35. The molecule has 0 aliphatic carbocycles. The zero-order valence-electron chi connectivity index (χ0n) is 11.4. The average Bonchev–Trinajstić information content (AvgIpc) is 2.37. The first-order valence-corrected chi connectivity index (χ1v) is 6.46. The van der Waals surface area contributed by atoms with Gasteiger partial charge in [0.25, 0.3) is 0 Å².